The fraction of sp³-hybridized carbons (Fsp3) is 0.375. The lowest BCUT2D eigenvalue weighted by Gasteiger charge is -2.36. The first-order chi connectivity index (χ1) is 15.1. The summed E-state index contributed by atoms with van der Waals surface area (Å²) in [7, 11) is 1.68. The van der Waals surface area contributed by atoms with Gasteiger partial charge in [0.2, 0.25) is 5.95 Å². The molecule has 0 bridgehead atoms. The first-order valence-electron chi connectivity index (χ1n) is 10.7. The molecule has 0 amide bonds. The average Bonchev–Trinajstić information content (AvgIpc) is 3.34. The zero-order chi connectivity index (χ0) is 21.4. The lowest BCUT2D eigenvalue weighted by atomic mass is 9.84. The molecule has 1 atom stereocenters. The van der Waals surface area contributed by atoms with Crippen LogP contribution < -0.4 is 14.5 Å². The zero-order valence-electron chi connectivity index (χ0n) is 17.9. The Morgan fingerprint density at radius 1 is 1.00 bits per heavy atom. The molecule has 7 nitrogen and oxygen atoms in total. The van der Waals surface area contributed by atoms with Gasteiger partial charge in [-0.2, -0.15) is 0 Å². The number of piperazine rings is 1. The van der Waals surface area contributed by atoms with Gasteiger partial charge in [0, 0.05) is 50.6 Å². The van der Waals surface area contributed by atoms with E-state index >= 15 is 0 Å². The summed E-state index contributed by atoms with van der Waals surface area (Å²) in [4.78, 5) is 26.9. The number of hydrogen-bond donors (Lipinski definition) is 0. The third-order valence-electron chi connectivity index (χ3n) is 6.25. The minimum atomic E-state index is 0.0454. The van der Waals surface area contributed by atoms with Gasteiger partial charge in [-0.15, -0.1) is 0 Å². The largest absolute Gasteiger partial charge is 0.497 e. The fourth-order valence-electron chi connectivity index (χ4n) is 4.58. The highest BCUT2D eigenvalue weighted by atomic mass is 16.5. The van der Waals surface area contributed by atoms with Gasteiger partial charge in [-0.1, -0.05) is 0 Å². The van der Waals surface area contributed by atoms with Gasteiger partial charge in [0.1, 0.15) is 11.5 Å². The minimum absolute atomic E-state index is 0.0454. The van der Waals surface area contributed by atoms with Crippen LogP contribution in [0.1, 0.15) is 39.8 Å². The van der Waals surface area contributed by atoms with Crippen molar-refractivity contribution >= 4 is 17.4 Å². The minimum Gasteiger partial charge on any atom is -0.497 e. The molecule has 1 saturated heterocycles. The number of Topliss-reactive ketones (excluding diaryl/α,β-unsaturated/α-hetero) is 1. The highest BCUT2D eigenvalue weighted by molar-refractivity contribution is 5.99. The van der Waals surface area contributed by atoms with Gasteiger partial charge >= 0.3 is 0 Å². The Kier molecular flexibility index (Phi) is 5.10. The second-order valence-corrected chi connectivity index (χ2v) is 8.15. The van der Waals surface area contributed by atoms with Crippen LogP contribution in [0, 0.1) is 6.92 Å². The molecule has 1 aromatic carbocycles. The Morgan fingerprint density at radius 3 is 2.42 bits per heavy atom. The molecule has 2 aromatic heterocycles. The van der Waals surface area contributed by atoms with E-state index in [2.05, 4.69) is 21.9 Å². The van der Waals surface area contributed by atoms with Crippen molar-refractivity contribution in [2.45, 2.75) is 25.7 Å². The Balaban J connectivity index is 1.33. The van der Waals surface area contributed by atoms with E-state index in [1.54, 1.807) is 13.4 Å². The number of anilines is 2. The topological polar surface area (TPSA) is 71.7 Å². The number of ketones is 1. The summed E-state index contributed by atoms with van der Waals surface area (Å²) in [5, 5.41) is 0. The summed E-state index contributed by atoms with van der Waals surface area (Å²) in [6.45, 7) is 5.36. The molecule has 3 heterocycles. The van der Waals surface area contributed by atoms with Crippen molar-refractivity contribution in [1.29, 1.82) is 0 Å². The van der Waals surface area contributed by atoms with Crippen molar-refractivity contribution in [2.24, 2.45) is 0 Å². The Bertz CT molecular complexity index is 1070. The van der Waals surface area contributed by atoms with Crippen molar-refractivity contribution in [3.63, 3.8) is 0 Å². The third-order valence-corrected chi connectivity index (χ3v) is 6.25. The number of methoxy groups -OCH3 is 1. The maximum atomic E-state index is 12.8. The van der Waals surface area contributed by atoms with E-state index in [0.717, 1.165) is 55.0 Å². The number of carbonyl (C=O) groups is 1. The maximum absolute atomic E-state index is 12.8. The molecular weight excluding hydrogens is 392 g/mol. The molecule has 31 heavy (non-hydrogen) atoms. The maximum Gasteiger partial charge on any atom is 0.225 e. The van der Waals surface area contributed by atoms with E-state index in [0.29, 0.717) is 18.4 Å². The number of benzene rings is 1. The number of carbonyl (C=O) groups excluding carboxylic acids is 1. The summed E-state index contributed by atoms with van der Waals surface area (Å²) < 4.78 is 10.8. The summed E-state index contributed by atoms with van der Waals surface area (Å²) in [6, 6.07) is 12.0. The van der Waals surface area contributed by atoms with Gasteiger partial charge in [0.05, 0.1) is 30.3 Å². The van der Waals surface area contributed by atoms with Crippen LogP contribution in [0.5, 0.6) is 5.75 Å². The number of ether oxygens (including phenoxy) is 1. The summed E-state index contributed by atoms with van der Waals surface area (Å²) in [6.07, 6.45) is 2.82. The van der Waals surface area contributed by atoms with Crippen molar-refractivity contribution < 1.29 is 13.9 Å². The molecule has 160 valence electrons. The smallest absolute Gasteiger partial charge is 0.225 e. The summed E-state index contributed by atoms with van der Waals surface area (Å²) >= 11 is 0. The first kappa shape index (κ1) is 19.6. The molecule has 0 unspecified atom stereocenters. The SMILES string of the molecule is COc1ccc(N2CCN(c3nc(C)c4c(n3)C[C@@H](c3ccco3)CC4=O)CC2)cc1. The molecule has 0 spiro atoms. The van der Waals surface area contributed by atoms with E-state index in [1.807, 2.05) is 31.2 Å². The average molecular weight is 418 g/mol. The van der Waals surface area contributed by atoms with Crippen LogP contribution in [0.15, 0.2) is 47.1 Å². The van der Waals surface area contributed by atoms with Crippen molar-refractivity contribution in [3.8, 4) is 5.75 Å². The van der Waals surface area contributed by atoms with Crippen LogP contribution in [0.3, 0.4) is 0 Å². The van der Waals surface area contributed by atoms with Crippen molar-refractivity contribution in [1.82, 2.24) is 9.97 Å². The molecule has 0 N–H and O–H groups in total. The lowest BCUT2D eigenvalue weighted by Crippen LogP contribution is -2.47. The molecule has 2 aliphatic rings. The van der Waals surface area contributed by atoms with E-state index < -0.39 is 0 Å². The predicted octanol–water partition coefficient (Wildman–Crippen LogP) is 3.63. The number of nitrogens with zero attached hydrogens (tertiary/aromatic N) is 4. The van der Waals surface area contributed by atoms with Gasteiger partial charge < -0.3 is 19.0 Å². The fourth-order valence-corrected chi connectivity index (χ4v) is 4.58. The van der Waals surface area contributed by atoms with Crippen LogP contribution in [-0.2, 0) is 6.42 Å². The van der Waals surface area contributed by atoms with Crippen LogP contribution in [0.4, 0.5) is 11.6 Å². The first-order valence-corrected chi connectivity index (χ1v) is 10.7. The number of hydrogen-bond acceptors (Lipinski definition) is 7. The van der Waals surface area contributed by atoms with Crippen LogP contribution >= 0.6 is 0 Å². The number of rotatable bonds is 4. The number of aromatic nitrogens is 2. The molecule has 0 saturated carbocycles. The molecule has 3 aromatic rings. The van der Waals surface area contributed by atoms with Crippen molar-refractivity contribution in [2.75, 3.05) is 43.1 Å². The molecule has 1 aliphatic heterocycles. The molecule has 1 fully saturated rings. The molecule has 7 heteroatoms. The third kappa shape index (κ3) is 3.76. The normalized spacial score (nSPS) is 18.8. The Morgan fingerprint density at radius 2 is 1.74 bits per heavy atom. The summed E-state index contributed by atoms with van der Waals surface area (Å²) in [5.41, 5.74) is 3.51. The lowest BCUT2D eigenvalue weighted by molar-refractivity contribution is 0.0958. The number of fused-ring (bicyclic) bond motifs is 1. The quantitative estimate of drug-likeness (QED) is 0.641. The van der Waals surface area contributed by atoms with Gasteiger partial charge in [0.25, 0.3) is 0 Å². The van der Waals surface area contributed by atoms with E-state index in [1.165, 1.54) is 5.69 Å². The van der Waals surface area contributed by atoms with Gasteiger partial charge in [-0.25, -0.2) is 9.97 Å². The number of furan rings is 1. The predicted molar refractivity (Wildman–Crippen MR) is 118 cm³/mol. The molecule has 0 radical (unpaired) electrons. The second kappa shape index (κ2) is 8.06. The second-order valence-electron chi connectivity index (χ2n) is 8.15. The van der Waals surface area contributed by atoms with Gasteiger partial charge in [-0.05, 0) is 43.3 Å². The van der Waals surface area contributed by atoms with E-state index in [4.69, 9.17) is 19.1 Å². The van der Waals surface area contributed by atoms with Gasteiger partial charge in [0.15, 0.2) is 5.78 Å². The zero-order valence-corrected chi connectivity index (χ0v) is 17.9. The van der Waals surface area contributed by atoms with E-state index in [-0.39, 0.29) is 11.7 Å². The molecule has 5 rings (SSSR count). The highest BCUT2D eigenvalue weighted by Crippen LogP contribution is 2.34. The van der Waals surface area contributed by atoms with Crippen LogP contribution in [0.25, 0.3) is 0 Å². The Labute approximate surface area is 181 Å². The number of aryl methyl sites for hydroxylation is 1. The molecular formula is C24H26N4O3. The standard InChI is InChI=1S/C24H26N4O3/c1-16-23-20(14-17(15-21(23)29)22-4-3-13-31-22)26-24(25-16)28-11-9-27(10-12-28)18-5-7-19(30-2)8-6-18/h3-8,13,17H,9-12,14-15H2,1-2H3/t17-/m1/s1. The highest BCUT2D eigenvalue weighted by Gasteiger charge is 2.32. The van der Waals surface area contributed by atoms with Crippen molar-refractivity contribution in [3.05, 3.63) is 65.4 Å². The van der Waals surface area contributed by atoms with Gasteiger partial charge in [-0.3, -0.25) is 4.79 Å². The monoisotopic (exact) mass is 418 g/mol. The van der Waals surface area contributed by atoms with Crippen LogP contribution in [-0.4, -0.2) is 49.0 Å². The van der Waals surface area contributed by atoms with E-state index in [9.17, 15) is 4.79 Å². The van der Waals surface area contributed by atoms with Crippen LogP contribution in [0.2, 0.25) is 0 Å². The molecule has 1 aliphatic carbocycles. The summed E-state index contributed by atoms with van der Waals surface area (Å²) in [5.74, 6) is 2.59. The Hall–Kier alpha value is -3.35.